The second-order valence-corrected chi connectivity index (χ2v) is 3.02. The molecule has 0 atom stereocenters. The van der Waals surface area contributed by atoms with Crippen LogP contribution in [0.2, 0.25) is 0 Å². The van der Waals surface area contributed by atoms with Gasteiger partial charge in [-0.2, -0.15) is 0 Å². The third-order valence-electron chi connectivity index (χ3n) is 0.858. The largest absolute Gasteiger partial charge is 0.456 e. The van der Waals surface area contributed by atoms with Crippen LogP contribution >= 0.6 is 31.9 Å². The van der Waals surface area contributed by atoms with Crippen LogP contribution in [0.1, 0.15) is 5.56 Å². The first-order valence-electron chi connectivity index (χ1n) is 2.11. The topological polar surface area (TPSA) is 13.1 Å². The summed E-state index contributed by atoms with van der Waals surface area (Å²) < 4.78 is 6.72. The molecule has 0 aliphatic rings. The fraction of sp³-hybridized carbons (Fsp3) is 0.200. The highest BCUT2D eigenvalue weighted by Gasteiger charge is 2.01. The first-order valence-corrected chi connectivity index (χ1v) is 3.69. The molecule has 3 heteroatoms. The molecule has 1 aromatic rings. The molecule has 0 amide bonds. The molecule has 0 unspecified atom stereocenters. The molecule has 0 saturated carbocycles. The van der Waals surface area contributed by atoms with Gasteiger partial charge in [-0.15, -0.1) is 0 Å². The lowest BCUT2D eigenvalue weighted by atomic mass is 10.4. The van der Waals surface area contributed by atoms with Gasteiger partial charge in [-0.25, -0.2) is 0 Å². The molecule has 0 aromatic carbocycles. The van der Waals surface area contributed by atoms with E-state index in [1.165, 1.54) is 0 Å². The summed E-state index contributed by atoms with van der Waals surface area (Å²) in [6, 6.07) is 0. The van der Waals surface area contributed by atoms with Crippen molar-refractivity contribution >= 4 is 31.9 Å². The van der Waals surface area contributed by atoms with Crippen LogP contribution in [0.3, 0.4) is 0 Å². The van der Waals surface area contributed by atoms with Gasteiger partial charge in [0.05, 0.1) is 10.7 Å². The predicted octanol–water partition coefficient (Wildman–Crippen LogP) is 3.11. The minimum absolute atomic E-state index is 0.759. The molecular formula is C5H4Br2O. The maximum atomic E-state index is 4.96. The van der Waals surface area contributed by atoms with Crippen LogP contribution in [-0.4, -0.2) is 0 Å². The molecular weight excluding hydrogens is 236 g/mol. The molecule has 44 valence electrons. The Kier molecular flexibility index (Phi) is 1.77. The normalized spacial score (nSPS) is 9.88. The zero-order valence-electron chi connectivity index (χ0n) is 4.24. The number of halogens is 2. The first-order chi connectivity index (χ1) is 3.72. The standard InChI is InChI=1S/C5H4Br2O/c1-3-2-8-5(7)4(3)6/h2H,1H3. The molecule has 1 rings (SSSR count). The maximum absolute atomic E-state index is 4.96. The van der Waals surface area contributed by atoms with Crippen LogP contribution in [0.15, 0.2) is 19.8 Å². The number of hydrogen-bond donors (Lipinski definition) is 0. The fourth-order valence-electron chi connectivity index (χ4n) is 0.399. The molecule has 1 aromatic heterocycles. The summed E-state index contributed by atoms with van der Waals surface area (Å²) in [4.78, 5) is 0. The van der Waals surface area contributed by atoms with Gasteiger partial charge in [0.1, 0.15) is 0 Å². The quantitative estimate of drug-likeness (QED) is 0.678. The van der Waals surface area contributed by atoms with E-state index in [2.05, 4.69) is 31.9 Å². The summed E-state index contributed by atoms with van der Waals surface area (Å²) >= 11 is 6.51. The molecule has 0 saturated heterocycles. The van der Waals surface area contributed by atoms with E-state index in [1.807, 2.05) is 6.92 Å². The Balaban J connectivity index is 3.19. The van der Waals surface area contributed by atoms with Gasteiger partial charge >= 0.3 is 0 Å². The van der Waals surface area contributed by atoms with E-state index in [4.69, 9.17) is 4.42 Å². The van der Waals surface area contributed by atoms with Crippen molar-refractivity contribution in [2.45, 2.75) is 6.92 Å². The average molecular weight is 240 g/mol. The van der Waals surface area contributed by atoms with Gasteiger partial charge in [-0.1, -0.05) is 0 Å². The van der Waals surface area contributed by atoms with Crippen molar-refractivity contribution in [3.8, 4) is 0 Å². The van der Waals surface area contributed by atoms with Crippen LogP contribution in [0.5, 0.6) is 0 Å². The van der Waals surface area contributed by atoms with Crippen molar-refractivity contribution in [1.29, 1.82) is 0 Å². The van der Waals surface area contributed by atoms with Crippen molar-refractivity contribution in [3.63, 3.8) is 0 Å². The van der Waals surface area contributed by atoms with Gasteiger partial charge in [0, 0.05) is 5.56 Å². The monoisotopic (exact) mass is 238 g/mol. The summed E-state index contributed by atoms with van der Waals surface area (Å²) in [5.74, 6) is 0. The number of furan rings is 1. The predicted molar refractivity (Wildman–Crippen MR) is 38.8 cm³/mol. The van der Waals surface area contributed by atoms with E-state index in [0.29, 0.717) is 0 Å². The van der Waals surface area contributed by atoms with E-state index in [0.717, 1.165) is 14.7 Å². The highest BCUT2D eigenvalue weighted by Crippen LogP contribution is 2.27. The third kappa shape index (κ3) is 0.977. The van der Waals surface area contributed by atoms with Crippen molar-refractivity contribution in [3.05, 3.63) is 21.0 Å². The lowest BCUT2D eigenvalue weighted by Gasteiger charge is -1.79. The van der Waals surface area contributed by atoms with E-state index in [9.17, 15) is 0 Å². The van der Waals surface area contributed by atoms with E-state index in [1.54, 1.807) is 6.26 Å². The summed E-state index contributed by atoms with van der Waals surface area (Å²) in [5, 5.41) is 0. The van der Waals surface area contributed by atoms with Gasteiger partial charge in [0.25, 0.3) is 0 Å². The zero-order chi connectivity index (χ0) is 6.15. The Morgan fingerprint density at radius 3 is 2.25 bits per heavy atom. The maximum Gasteiger partial charge on any atom is 0.183 e. The Morgan fingerprint density at radius 2 is 2.12 bits per heavy atom. The zero-order valence-corrected chi connectivity index (χ0v) is 7.41. The molecule has 0 N–H and O–H groups in total. The molecule has 0 aliphatic carbocycles. The van der Waals surface area contributed by atoms with Crippen LogP contribution in [0.25, 0.3) is 0 Å². The first kappa shape index (κ1) is 6.36. The van der Waals surface area contributed by atoms with Gasteiger partial charge in [-0.05, 0) is 38.8 Å². The molecule has 1 heterocycles. The SMILES string of the molecule is Cc1coc(Br)c1Br. The van der Waals surface area contributed by atoms with Gasteiger partial charge < -0.3 is 4.42 Å². The smallest absolute Gasteiger partial charge is 0.183 e. The van der Waals surface area contributed by atoms with Crippen molar-refractivity contribution < 1.29 is 4.42 Å². The van der Waals surface area contributed by atoms with Gasteiger partial charge in [0.2, 0.25) is 0 Å². The molecule has 0 bridgehead atoms. The van der Waals surface area contributed by atoms with E-state index in [-0.39, 0.29) is 0 Å². The second kappa shape index (κ2) is 2.23. The molecule has 1 nitrogen and oxygen atoms in total. The van der Waals surface area contributed by atoms with Gasteiger partial charge in [-0.3, -0.25) is 0 Å². The fourth-order valence-corrected chi connectivity index (χ4v) is 0.992. The molecule has 0 spiro atoms. The third-order valence-corrected chi connectivity index (χ3v) is 2.96. The highest BCUT2D eigenvalue weighted by atomic mass is 79.9. The highest BCUT2D eigenvalue weighted by molar-refractivity contribution is 9.13. The lowest BCUT2D eigenvalue weighted by molar-refractivity contribution is 0.538. The molecule has 8 heavy (non-hydrogen) atoms. The summed E-state index contributed by atoms with van der Waals surface area (Å²) in [6.07, 6.45) is 1.69. The summed E-state index contributed by atoms with van der Waals surface area (Å²) in [5.41, 5.74) is 1.11. The van der Waals surface area contributed by atoms with Crippen molar-refractivity contribution in [1.82, 2.24) is 0 Å². The van der Waals surface area contributed by atoms with Gasteiger partial charge in [0.15, 0.2) is 4.67 Å². The average Bonchev–Trinajstić information content (AvgIpc) is 1.98. The number of hydrogen-bond acceptors (Lipinski definition) is 1. The molecule has 0 aliphatic heterocycles. The van der Waals surface area contributed by atoms with Crippen molar-refractivity contribution in [2.24, 2.45) is 0 Å². The van der Waals surface area contributed by atoms with E-state index < -0.39 is 0 Å². The Bertz CT molecular complexity index is 173. The number of rotatable bonds is 0. The Hall–Kier alpha value is 0.240. The summed E-state index contributed by atoms with van der Waals surface area (Å²) in [7, 11) is 0. The Morgan fingerprint density at radius 1 is 1.50 bits per heavy atom. The van der Waals surface area contributed by atoms with Crippen molar-refractivity contribution in [2.75, 3.05) is 0 Å². The molecule has 0 radical (unpaired) electrons. The van der Waals surface area contributed by atoms with Crippen LogP contribution in [-0.2, 0) is 0 Å². The molecule has 0 fully saturated rings. The Labute approximate surface area is 64.3 Å². The summed E-state index contributed by atoms with van der Waals surface area (Å²) in [6.45, 7) is 1.97. The van der Waals surface area contributed by atoms with Crippen LogP contribution < -0.4 is 0 Å². The van der Waals surface area contributed by atoms with Crippen LogP contribution in [0.4, 0.5) is 0 Å². The van der Waals surface area contributed by atoms with Crippen LogP contribution in [0, 0.1) is 6.92 Å². The minimum Gasteiger partial charge on any atom is -0.456 e. The minimum atomic E-state index is 0.759. The second-order valence-electron chi connectivity index (χ2n) is 1.51. The lowest BCUT2D eigenvalue weighted by Crippen LogP contribution is -1.59. The number of aryl methyl sites for hydroxylation is 1. The van der Waals surface area contributed by atoms with E-state index >= 15 is 0 Å².